The van der Waals surface area contributed by atoms with Crippen LogP contribution in [-0.4, -0.2) is 19.7 Å². The molecule has 0 atom stereocenters. The van der Waals surface area contributed by atoms with Crippen LogP contribution in [0, 0.1) is 5.82 Å². The second-order valence-electron chi connectivity index (χ2n) is 4.55. The molecule has 2 aromatic heterocycles. The molecule has 2 heterocycles. The maximum atomic E-state index is 13.6. The molecule has 0 aliphatic rings. The van der Waals surface area contributed by atoms with Crippen molar-refractivity contribution >= 4 is 0 Å². The van der Waals surface area contributed by atoms with Gasteiger partial charge in [-0.05, 0) is 26.8 Å². The molecule has 0 aliphatic carbocycles. The Morgan fingerprint density at radius 2 is 2.06 bits per heavy atom. The Balaban J connectivity index is 2.58. The normalized spacial score (nSPS) is 11.8. The SMILES string of the molecule is CC(C)(C)n1cnnc1-c1ccncc1F. The molecular weight excluding hydrogens is 207 g/mol. The van der Waals surface area contributed by atoms with Crippen molar-refractivity contribution in [1.82, 2.24) is 19.7 Å². The van der Waals surface area contributed by atoms with Gasteiger partial charge in [-0.1, -0.05) is 0 Å². The Labute approximate surface area is 93.2 Å². The molecule has 0 unspecified atom stereocenters. The molecule has 4 nitrogen and oxygen atoms in total. The molecule has 0 aliphatic heterocycles. The summed E-state index contributed by atoms with van der Waals surface area (Å²) in [5.74, 6) is 0.133. The molecule has 0 bridgehead atoms. The van der Waals surface area contributed by atoms with Crippen LogP contribution in [0.25, 0.3) is 11.4 Å². The minimum absolute atomic E-state index is 0.186. The Morgan fingerprint density at radius 1 is 1.31 bits per heavy atom. The summed E-state index contributed by atoms with van der Waals surface area (Å²) in [6.45, 7) is 6.04. The van der Waals surface area contributed by atoms with Gasteiger partial charge in [0.1, 0.15) is 6.33 Å². The van der Waals surface area contributed by atoms with E-state index in [1.807, 2.05) is 25.3 Å². The van der Waals surface area contributed by atoms with Gasteiger partial charge in [0.15, 0.2) is 11.6 Å². The smallest absolute Gasteiger partial charge is 0.167 e. The van der Waals surface area contributed by atoms with E-state index in [1.165, 1.54) is 6.20 Å². The second-order valence-corrected chi connectivity index (χ2v) is 4.55. The third-order valence-electron chi connectivity index (χ3n) is 2.28. The lowest BCUT2D eigenvalue weighted by Crippen LogP contribution is -2.22. The summed E-state index contributed by atoms with van der Waals surface area (Å²) in [6, 6.07) is 1.60. The Bertz CT molecular complexity index is 499. The summed E-state index contributed by atoms with van der Waals surface area (Å²) < 4.78 is 15.4. The van der Waals surface area contributed by atoms with Crippen molar-refractivity contribution in [3.05, 3.63) is 30.6 Å². The van der Waals surface area contributed by atoms with Crippen LogP contribution in [0.5, 0.6) is 0 Å². The minimum Gasteiger partial charge on any atom is -0.308 e. The summed E-state index contributed by atoms with van der Waals surface area (Å²) in [4.78, 5) is 3.71. The van der Waals surface area contributed by atoms with Gasteiger partial charge in [0.2, 0.25) is 0 Å². The van der Waals surface area contributed by atoms with Crippen LogP contribution < -0.4 is 0 Å². The first-order valence-corrected chi connectivity index (χ1v) is 5.00. The Morgan fingerprint density at radius 3 is 2.69 bits per heavy atom. The van der Waals surface area contributed by atoms with E-state index < -0.39 is 0 Å². The van der Waals surface area contributed by atoms with Crippen LogP contribution in [-0.2, 0) is 5.54 Å². The zero-order valence-corrected chi connectivity index (χ0v) is 9.48. The largest absolute Gasteiger partial charge is 0.308 e. The first kappa shape index (κ1) is 10.7. The highest BCUT2D eigenvalue weighted by Crippen LogP contribution is 2.24. The van der Waals surface area contributed by atoms with Crippen LogP contribution in [0.3, 0.4) is 0 Å². The average Bonchev–Trinajstić information content (AvgIpc) is 2.66. The number of hydrogen-bond donors (Lipinski definition) is 0. The van der Waals surface area contributed by atoms with Crippen LogP contribution in [0.2, 0.25) is 0 Å². The Kier molecular flexibility index (Phi) is 2.46. The first-order chi connectivity index (χ1) is 7.50. The molecule has 5 heteroatoms. The van der Waals surface area contributed by atoms with Crippen molar-refractivity contribution < 1.29 is 4.39 Å². The highest BCUT2D eigenvalue weighted by molar-refractivity contribution is 5.55. The van der Waals surface area contributed by atoms with Crippen LogP contribution >= 0.6 is 0 Å². The minimum atomic E-state index is -0.388. The van der Waals surface area contributed by atoms with E-state index in [4.69, 9.17) is 0 Å². The maximum absolute atomic E-state index is 13.6. The molecule has 16 heavy (non-hydrogen) atoms. The van der Waals surface area contributed by atoms with Crippen molar-refractivity contribution in [3.8, 4) is 11.4 Å². The van der Waals surface area contributed by atoms with Gasteiger partial charge in [-0.15, -0.1) is 10.2 Å². The van der Waals surface area contributed by atoms with E-state index in [0.717, 1.165) is 0 Å². The molecule has 2 rings (SSSR count). The van der Waals surface area contributed by atoms with Gasteiger partial charge in [-0.3, -0.25) is 4.98 Å². The first-order valence-electron chi connectivity index (χ1n) is 5.00. The van der Waals surface area contributed by atoms with Gasteiger partial charge in [-0.25, -0.2) is 4.39 Å². The van der Waals surface area contributed by atoms with Crippen molar-refractivity contribution in [3.63, 3.8) is 0 Å². The highest BCUT2D eigenvalue weighted by atomic mass is 19.1. The van der Waals surface area contributed by atoms with Crippen molar-refractivity contribution in [1.29, 1.82) is 0 Å². The lowest BCUT2D eigenvalue weighted by molar-refractivity contribution is 0.399. The van der Waals surface area contributed by atoms with Gasteiger partial charge in [0.25, 0.3) is 0 Å². The molecule has 0 saturated carbocycles. The lowest BCUT2D eigenvalue weighted by atomic mass is 10.1. The number of hydrogen-bond acceptors (Lipinski definition) is 3. The molecule has 0 fully saturated rings. The van der Waals surface area contributed by atoms with E-state index in [0.29, 0.717) is 11.4 Å². The van der Waals surface area contributed by atoms with Crippen LogP contribution in [0.4, 0.5) is 4.39 Å². The topological polar surface area (TPSA) is 43.6 Å². The Hall–Kier alpha value is -1.78. The molecular formula is C11H13FN4. The zero-order valence-electron chi connectivity index (χ0n) is 9.48. The number of aromatic nitrogens is 4. The van der Waals surface area contributed by atoms with Gasteiger partial charge in [0, 0.05) is 11.7 Å². The molecule has 0 aromatic carbocycles. The maximum Gasteiger partial charge on any atom is 0.167 e. The molecule has 2 aromatic rings. The van der Waals surface area contributed by atoms with Crippen molar-refractivity contribution in [2.45, 2.75) is 26.3 Å². The number of rotatable bonds is 1. The summed E-state index contributed by atoms with van der Waals surface area (Å²) in [6.07, 6.45) is 4.33. The number of nitrogens with zero attached hydrogens (tertiary/aromatic N) is 4. The van der Waals surface area contributed by atoms with Crippen molar-refractivity contribution in [2.75, 3.05) is 0 Å². The van der Waals surface area contributed by atoms with Gasteiger partial charge >= 0.3 is 0 Å². The van der Waals surface area contributed by atoms with Gasteiger partial charge in [0.05, 0.1) is 11.8 Å². The van der Waals surface area contributed by atoms with E-state index in [-0.39, 0.29) is 11.4 Å². The average molecular weight is 220 g/mol. The lowest BCUT2D eigenvalue weighted by Gasteiger charge is -2.22. The van der Waals surface area contributed by atoms with E-state index in [9.17, 15) is 4.39 Å². The predicted molar refractivity (Wildman–Crippen MR) is 58.2 cm³/mol. The number of pyridine rings is 1. The number of halogens is 1. The van der Waals surface area contributed by atoms with E-state index in [1.54, 1.807) is 18.6 Å². The molecule has 84 valence electrons. The second kappa shape index (κ2) is 3.66. The third-order valence-corrected chi connectivity index (χ3v) is 2.28. The quantitative estimate of drug-likeness (QED) is 0.740. The summed E-state index contributed by atoms with van der Waals surface area (Å²) >= 11 is 0. The fraction of sp³-hybridized carbons (Fsp3) is 0.364. The van der Waals surface area contributed by atoms with E-state index in [2.05, 4.69) is 15.2 Å². The highest BCUT2D eigenvalue weighted by Gasteiger charge is 2.20. The van der Waals surface area contributed by atoms with Gasteiger partial charge in [-0.2, -0.15) is 0 Å². The van der Waals surface area contributed by atoms with Crippen LogP contribution in [0.15, 0.2) is 24.8 Å². The zero-order chi connectivity index (χ0) is 11.8. The summed E-state index contributed by atoms with van der Waals surface area (Å²) in [5.41, 5.74) is 0.233. The third kappa shape index (κ3) is 1.80. The predicted octanol–water partition coefficient (Wildman–Crippen LogP) is 2.23. The molecule has 0 saturated heterocycles. The fourth-order valence-corrected chi connectivity index (χ4v) is 1.47. The molecule has 0 spiro atoms. The summed E-state index contributed by atoms with van der Waals surface area (Å²) in [5, 5.41) is 7.79. The molecule has 0 N–H and O–H groups in total. The summed E-state index contributed by atoms with van der Waals surface area (Å²) in [7, 11) is 0. The van der Waals surface area contributed by atoms with E-state index >= 15 is 0 Å². The van der Waals surface area contributed by atoms with Crippen molar-refractivity contribution in [2.24, 2.45) is 0 Å². The monoisotopic (exact) mass is 220 g/mol. The van der Waals surface area contributed by atoms with Crippen LogP contribution in [0.1, 0.15) is 20.8 Å². The molecule has 0 radical (unpaired) electrons. The standard InChI is InChI=1S/C11H13FN4/c1-11(2,3)16-7-14-15-10(16)8-4-5-13-6-9(8)12/h4-7H,1-3H3. The van der Waals surface area contributed by atoms with Gasteiger partial charge < -0.3 is 4.57 Å². The molecule has 0 amide bonds. The fourth-order valence-electron chi connectivity index (χ4n) is 1.47.